The van der Waals surface area contributed by atoms with Crippen LogP contribution in [0.1, 0.15) is 38.3 Å². The Morgan fingerprint density at radius 2 is 1.84 bits per heavy atom. The van der Waals surface area contributed by atoms with Crippen LogP contribution in [0.25, 0.3) is 0 Å². The Balaban J connectivity index is 2.85. The van der Waals surface area contributed by atoms with Gasteiger partial charge < -0.3 is 0 Å². The SMILES string of the molecule is CCC(C)SC(C)Cc1cccc(C(F)(F)F)c1Cl. The molecular formula is C14H18ClF3S. The summed E-state index contributed by atoms with van der Waals surface area (Å²) < 4.78 is 38.2. The zero-order valence-electron chi connectivity index (χ0n) is 11.2. The number of rotatable bonds is 5. The minimum absolute atomic E-state index is 0.161. The van der Waals surface area contributed by atoms with E-state index in [0.29, 0.717) is 17.2 Å². The van der Waals surface area contributed by atoms with Gasteiger partial charge in [0, 0.05) is 10.5 Å². The average Bonchev–Trinajstić information content (AvgIpc) is 2.30. The first-order valence-electron chi connectivity index (χ1n) is 6.25. The Kier molecular flexibility index (Phi) is 6.06. The Morgan fingerprint density at radius 1 is 1.21 bits per heavy atom. The summed E-state index contributed by atoms with van der Waals surface area (Å²) in [6.07, 6.45) is -2.79. The van der Waals surface area contributed by atoms with E-state index in [1.807, 2.05) is 6.92 Å². The lowest BCUT2D eigenvalue weighted by molar-refractivity contribution is -0.137. The van der Waals surface area contributed by atoms with E-state index >= 15 is 0 Å². The van der Waals surface area contributed by atoms with Gasteiger partial charge in [-0.15, -0.1) is 0 Å². The van der Waals surface area contributed by atoms with Crippen molar-refractivity contribution < 1.29 is 13.2 Å². The lowest BCUT2D eigenvalue weighted by Gasteiger charge is -2.18. The fraction of sp³-hybridized carbons (Fsp3) is 0.571. The molecule has 0 aliphatic heterocycles. The highest BCUT2D eigenvalue weighted by Crippen LogP contribution is 2.37. The highest BCUT2D eigenvalue weighted by molar-refractivity contribution is 8.00. The first-order valence-corrected chi connectivity index (χ1v) is 7.57. The van der Waals surface area contributed by atoms with Crippen LogP contribution in [0.5, 0.6) is 0 Å². The van der Waals surface area contributed by atoms with E-state index in [0.717, 1.165) is 12.5 Å². The smallest absolute Gasteiger partial charge is 0.166 e. The van der Waals surface area contributed by atoms with Crippen molar-refractivity contribution >= 4 is 23.4 Å². The molecule has 0 heterocycles. The van der Waals surface area contributed by atoms with Crippen LogP contribution in [0.3, 0.4) is 0 Å². The van der Waals surface area contributed by atoms with Gasteiger partial charge in [0.25, 0.3) is 0 Å². The van der Waals surface area contributed by atoms with Crippen molar-refractivity contribution in [3.05, 3.63) is 34.3 Å². The molecule has 0 radical (unpaired) electrons. The zero-order chi connectivity index (χ0) is 14.6. The molecular weight excluding hydrogens is 293 g/mol. The average molecular weight is 311 g/mol. The summed E-state index contributed by atoms with van der Waals surface area (Å²) >= 11 is 7.66. The van der Waals surface area contributed by atoms with Crippen molar-refractivity contribution in [2.45, 2.75) is 50.3 Å². The Hall–Kier alpha value is -0.350. The third kappa shape index (κ3) is 4.92. The molecule has 0 aromatic heterocycles. The van der Waals surface area contributed by atoms with Crippen LogP contribution in [0, 0.1) is 0 Å². The molecule has 0 fully saturated rings. The largest absolute Gasteiger partial charge is 0.417 e. The maximum Gasteiger partial charge on any atom is 0.417 e. The van der Waals surface area contributed by atoms with Gasteiger partial charge in [-0.25, -0.2) is 0 Å². The number of alkyl halides is 3. The fourth-order valence-corrected chi connectivity index (χ4v) is 3.38. The minimum Gasteiger partial charge on any atom is -0.166 e. The molecule has 1 aromatic carbocycles. The molecule has 0 bridgehead atoms. The first kappa shape index (κ1) is 16.7. The highest BCUT2D eigenvalue weighted by atomic mass is 35.5. The van der Waals surface area contributed by atoms with Gasteiger partial charge >= 0.3 is 6.18 Å². The zero-order valence-corrected chi connectivity index (χ0v) is 12.8. The normalized spacial score (nSPS) is 15.3. The molecule has 0 saturated heterocycles. The van der Waals surface area contributed by atoms with Gasteiger partial charge in [-0.05, 0) is 24.5 Å². The Morgan fingerprint density at radius 3 is 2.37 bits per heavy atom. The summed E-state index contributed by atoms with van der Waals surface area (Å²) in [5.41, 5.74) is -0.174. The van der Waals surface area contributed by atoms with Crippen LogP contribution in [-0.4, -0.2) is 10.5 Å². The molecule has 0 nitrogen and oxygen atoms in total. The van der Waals surface area contributed by atoms with Gasteiger partial charge in [-0.1, -0.05) is 44.5 Å². The number of benzene rings is 1. The second kappa shape index (κ2) is 6.89. The Bertz CT molecular complexity index is 418. The predicted molar refractivity (Wildman–Crippen MR) is 77.0 cm³/mol. The van der Waals surface area contributed by atoms with E-state index in [1.54, 1.807) is 17.8 Å². The summed E-state index contributed by atoms with van der Waals surface area (Å²) in [5, 5.41) is 0.585. The molecule has 0 amide bonds. The molecule has 108 valence electrons. The third-order valence-corrected chi connectivity index (χ3v) is 4.81. The van der Waals surface area contributed by atoms with Gasteiger partial charge in [-0.2, -0.15) is 24.9 Å². The predicted octanol–water partition coefficient (Wildman–Crippen LogP) is 5.82. The molecule has 19 heavy (non-hydrogen) atoms. The lowest BCUT2D eigenvalue weighted by atomic mass is 10.1. The number of halogens is 4. The van der Waals surface area contributed by atoms with Crippen LogP contribution >= 0.6 is 23.4 Å². The van der Waals surface area contributed by atoms with Gasteiger partial charge in [0.05, 0.1) is 10.6 Å². The lowest BCUT2D eigenvalue weighted by Crippen LogP contribution is -2.11. The standard InChI is InChI=1S/C14H18ClF3S/c1-4-9(2)19-10(3)8-11-6-5-7-12(13(11)15)14(16,17)18/h5-7,9-10H,4,8H2,1-3H3. The molecule has 5 heteroatoms. The quantitative estimate of drug-likeness (QED) is 0.660. The van der Waals surface area contributed by atoms with E-state index in [1.165, 1.54) is 6.07 Å². The maximum atomic E-state index is 12.7. The molecule has 0 aliphatic carbocycles. The van der Waals surface area contributed by atoms with E-state index in [4.69, 9.17) is 11.6 Å². The second-order valence-electron chi connectivity index (χ2n) is 4.65. The van der Waals surface area contributed by atoms with Crippen molar-refractivity contribution in [1.29, 1.82) is 0 Å². The highest BCUT2D eigenvalue weighted by Gasteiger charge is 2.33. The summed E-state index contributed by atoms with van der Waals surface area (Å²) in [5.74, 6) is 0. The van der Waals surface area contributed by atoms with E-state index < -0.39 is 11.7 Å². The fourth-order valence-electron chi connectivity index (χ4n) is 1.81. The van der Waals surface area contributed by atoms with Gasteiger partial charge in [-0.3, -0.25) is 0 Å². The minimum atomic E-state index is -4.39. The van der Waals surface area contributed by atoms with E-state index in [-0.39, 0.29) is 10.3 Å². The molecule has 1 rings (SSSR count). The topological polar surface area (TPSA) is 0 Å². The molecule has 0 aliphatic rings. The Labute approximate surface area is 121 Å². The van der Waals surface area contributed by atoms with Crippen LogP contribution in [0.2, 0.25) is 5.02 Å². The van der Waals surface area contributed by atoms with Crippen LogP contribution in [-0.2, 0) is 12.6 Å². The summed E-state index contributed by atoms with van der Waals surface area (Å²) in [4.78, 5) is 0. The summed E-state index contributed by atoms with van der Waals surface area (Å²) in [7, 11) is 0. The van der Waals surface area contributed by atoms with Gasteiger partial charge in [0.2, 0.25) is 0 Å². The maximum absolute atomic E-state index is 12.7. The van der Waals surface area contributed by atoms with Gasteiger partial charge in [0.1, 0.15) is 0 Å². The monoisotopic (exact) mass is 310 g/mol. The van der Waals surface area contributed by atoms with Crippen molar-refractivity contribution in [1.82, 2.24) is 0 Å². The second-order valence-corrected chi connectivity index (χ2v) is 6.91. The summed E-state index contributed by atoms with van der Waals surface area (Å²) in [6, 6.07) is 4.12. The van der Waals surface area contributed by atoms with E-state index in [2.05, 4.69) is 13.8 Å². The molecule has 1 aromatic rings. The molecule has 2 atom stereocenters. The van der Waals surface area contributed by atoms with Crippen LogP contribution in [0.4, 0.5) is 13.2 Å². The van der Waals surface area contributed by atoms with E-state index in [9.17, 15) is 13.2 Å². The summed E-state index contributed by atoms with van der Waals surface area (Å²) in [6.45, 7) is 6.24. The van der Waals surface area contributed by atoms with Crippen molar-refractivity contribution in [2.75, 3.05) is 0 Å². The number of hydrogen-bond donors (Lipinski definition) is 0. The third-order valence-electron chi connectivity index (χ3n) is 2.93. The molecule has 0 saturated carbocycles. The van der Waals surface area contributed by atoms with Crippen molar-refractivity contribution in [3.8, 4) is 0 Å². The molecule has 2 unspecified atom stereocenters. The number of hydrogen-bond acceptors (Lipinski definition) is 1. The van der Waals surface area contributed by atoms with Crippen molar-refractivity contribution in [3.63, 3.8) is 0 Å². The molecule has 0 spiro atoms. The van der Waals surface area contributed by atoms with Crippen LogP contribution < -0.4 is 0 Å². The van der Waals surface area contributed by atoms with Crippen molar-refractivity contribution in [2.24, 2.45) is 0 Å². The number of thioether (sulfide) groups is 1. The van der Waals surface area contributed by atoms with Crippen LogP contribution in [0.15, 0.2) is 18.2 Å². The first-order chi connectivity index (χ1) is 8.75. The molecule has 0 N–H and O–H groups in total. The van der Waals surface area contributed by atoms with Gasteiger partial charge in [0.15, 0.2) is 0 Å².